The Morgan fingerprint density at radius 3 is 2.97 bits per heavy atom. The number of benzene rings is 1. The fraction of sp³-hybridized carbons (Fsp3) is 0.273. The van der Waals surface area contributed by atoms with Crippen LogP contribution in [-0.4, -0.2) is 39.3 Å². The van der Waals surface area contributed by atoms with Gasteiger partial charge in [-0.05, 0) is 49.6 Å². The number of nitrogens with zero attached hydrogens (tertiary/aromatic N) is 3. The Kier molecular flexibility index (Phi) is 6.48. The zero-order chi connectivity index (χ0) is 21.8. The Labute approximate surface area is 189 Å². The van der Waals surface area contributed by atoms with E-state index < -0.39 is 6.04 Å². The lowest BCUT2D eigenvalue weighted by Gasteiger charge is -2.23. The number of hydrogen-bond acceptors (Lipinski definition) is 6. The van der Waals surface area contributed by atoms with Crippen molar-refractivity contribution in [3.05, 3.63) is 69.9 Å². The molecule has 160 valence electrons. The lowest BCUT2D eigenvalue weighted by Crippen LogP contribution is -2.45. The van der Waals surface area contributed by atoms with Crippen molar-refractivity contribution in [1.29, 1.82) is 0 Å². The Bertz CT molecular complexity index is 1090. The molecule has 0 spiro atoms. The number of anilines is 2. The molecule has 0 radical (unpaired) electrons. The molecule has 0 saturated carbocycles. The summed E-state index contributed by atoms with van der Waals surface area (Å²) in [4.78, 5) is 36.0. The standard InChI is InChI=1S/C22H22ClN5O2S/c1-14-7-8-15(23)11-17(14)26-22-27-18(13-31-22)21(30)28-10-4-6-19(28)20(29)25-12-16-5-2-3-9-24-16/h2-3,5,7-9,11,13,19H,4,6,10,12H2,1H3,(H,25,29)(H,26,27). The summed E-state index contributed by atoms with van der Waals surface area (Å²) in [7, 11) is 0. The molecule has 1 fully saturated rings. The number of thiazole rings is 1. The summed E-state index contributed by atoms with van der Waals surface area (Å²) in [5.41, 5.74) is 2.97. The zero-order valence-corrected chi connectivity index (χ0v) is 18.5. The van der Waals surface area contributed by atoms with Gasteiger partial charge in [0.25, 0.3) is 5.91 Å². The highest BCUT2D eigenvalue weighted by Gasteiger charge is 2.35. The monoisotopic (exact) mass is 455 g/mol. The van der Waals surface area contributed by atoms with Gasteiger partial charge >= 0.3 is 0 Å². The summed E-state index contributed by atoms with van der Waals surface area (Å²) in [6.45, 7) is 2.84. The lowest BCUT2D eigenvalue weighted by molar-refractivity contribution is -0.125. The first-order chi connectivity index (χ1) is 15.0. The van der Waals surface area contributed by atoms with Crippen molar-refractivity contribution in [3.63, 3.8) is 0 Å². The number of pyridine rings is 1. The molecule has 9 heteroatoms. The topological polar surface area (TPSA) is 87.2 Å². The van der Waals surface area contributed by atoms with Crippen molar-refractivity contribution in [2.45, 2.75) is 32.4 Å². The first-order valence-electron chi connectivity index (χ1n) is 9.98. The second-order valence-corrected chi connectivity index (χ2v) is 8.61. The highest BCUT2D eigenvalue weighted by Crippen LogP contribution is 2.27. The molecule has 2 aromatic heterocycles. The number of amides is 2. The largest absolute Gasteiger partial charge is 0.349 e. The summed E-state index contributed by atoms with van der Waals surface area (Å²) in [5, 5.41) is 9.04. The van der Waals surface area contributed by atoms with Crippen LogP contribution in [0.5, 0.6) is 0 Å². The molecule has 2 amide bonds. The summed E-state index contributed by atoms with van der Waals surface area (Å²) >= 11 is 7.42. The number of likely N-dealkylation sites (tertiary alicyclic amines) is 1. The minimum absolute atomic E-state index is 0.167. The van der Waals surface area contributed by atoms with Gasteiger partial charge in [-0.1, -0.05) is 23.7 Å². The van der Waals surface area contributed by atoms with E-state index >= 15 is 0 Å². The second kappa shape index (κ2) is 9.45. The molecule has 1 aromatic carbocycles. The van der Waals surface area contributed by atoms with E-state index in [2.05, 4.69) is 20.6 Å². The quantitative estimate of drug-likeness (QED) is 0.582. The molecular weight excluding hydrogens is 434 g/mol. The van der Waals surface area contributed by atoms with Gasteiger partial charge in [-0.15, -0.1) is 11.3 Å². The SMILES string of the molecule is Cc1ccc(Cl)cc1Nc1nc(C(=O)N2CCCC2C(=O)NCc2ccccn2)cs1. The van der Waals surface area contributed by atoms with Crippen LogP contribution in [-0.2, 0) is 11.3 Å². The first kappa shape index (κ1) is 21.3. The molecule has 3 heterocycles. The number of nitrogens with one attached hydrogen (secondary N) is 2. The number of hydrogen-bond donors (Lipinski definition) is 2. The van der Waals surface area contributed by atoms with E-state index in [1.807, 2.05) is 43.3 Å². The molecule has 1 aliphatic heterocycles. The third-order valence-corrected chi connectivity index (χ3v) is 6.14. The number of aryl methyl sites for hydroxylation is 1. The summed E-state index contributed by atoms with van der Waals surface area (Å²) < 4.78 is 0. The average Bonchev–Trinajstić information content (AvgIpc) is 3.45. The van der Waals surface area contributed by atoms with Gasteiger partial charge in [-0.25, -0.2) is 4.98 Å². The van der Waals surface area contributed by atoms with Crippen molar-refractivity contribution in [3.8, 4) is 0 Å². The van der Waals surface area contributed by atoms with Crippen LogP contribution in [0.3, 0.4) is 0 Å². The highest BCUT2D eigenvalue weighted by molar-refractivity contribution is 7.14. The molecule has 4 rings (SSSR count). The van der Waals surface area contributed by atoms with Crippen LogP contribution in [0.2, 0.25) is 5.02 Å². The molecule has 1 aliphatic rings. The van der Waals surface area contributed by atoms with Gasteiger partial charge in [0.05, 0.1) is 12.2 Å². The molecule has 1 saturated heterocycles. The molecule has 1 unspecified atom stereocenters. The van der Waals surface area contributed by atoms with Gasteiger partial charge < -0.3 is 15.5 Å². The van der Waals surface area contributed by atoms with E-state index in [1.165, 1.54) is 11.3 Å². The van der Waals surface area contributed by atoms with Crippen molar-refractivity contribution >= 4 is 45.6 Å². The Morgan fingerprint density at radius 1 is 1.29 bits per heavy atom. The van der Waals surface area contributed by atoms with E-state index in [-0.39, 0.29) is 11.8 Å². The van der Waals surface area contributed by atoms with Gasteiger partial charge in [0, 0.05) is 28.8 Å². The predicted molar refractivity (Wildman–Crippen MR) is 122 cm³/mol. The van der Waals surface area contributed by atoms with Crippen molar-refractivity contribution < 1.29 is 9.59 Å². The lowest BCUT2D eigenvalue weighted by atomic mass is 10.2. The van der Waals surface area contributed by atoms with E-state index in [1.54, 1.807) is 16.5 Å². The maximum absolute atomic E-state index is 13.1. The number of rotatable bonds is 6. The fourth-order valence-electron chi connectivity index (χ4n) is 3.50. The Balaban J connectivity index is 1.41. The number of carbonyl (C=O) groups excluding carboxylic acids is 2. The van der Waals surface area contributed by atoms with E-state index in [4.69, 9.17) is 11.6 Å². The fourth-order valence-corrected chi connectivity index (χ4v) is 4.37. The Hall–Kier alpha value is -2.97. The van der Waals surface area contributed by atoms with E-state index in [0.717, 1.165) is 23.4 Å². The van der Waals surface area contributed by atoms with E-state index in [0.29, 0.717) is 35.4 Å². The number of halogens is 1. The van der Waals surface area contributed by atoms with Crippen LogP contribution < -0.4 is 10.6 Å². The van der Waals surface area contributed by atoms with Crippen LogP contribution in [0.25, 0.3) is 0 Å². The van der Waals surface area contributed by atoms with Gasteiger partial charge in [0.15, 0.2) is 5.13 Å². The molecule has 0 aliphatic carbocycles. The first-order valence-corrected chi connectivity index (χ1v) is 11.2. The molecular formula is C22H22ClN5O2S. The van der Waals surface area contributed by atoms with Crippen molar-refractivity contribution in [2.24, 2.45) is 0 Å². The van der Waals surface area contributed by atoms with Crippen LogP contribution in [0.1, 0.15) is 34.6 Å². The van der Waals surface area contributed by atoms with Gasteiger partial charge in [-0.2, -0.15) is 0 Å². The minimum Gasteiger partial charge on any atom is -0.349 e. The van der Waals surface area contributed by atoms with Crippen molar-refractivity contribution in [1.82, 2.24) is 20.2 Å². The third kappa shape index (κ3) is 5.03. The summed E-state index contributed by atoms with van der Waals surface area (Å²) in [5.74, 6) is -0.401. The summed E-state index contributed by atoms with van der Waals surface area (Å²) in [6.07, 6.45) is 3.10. The van der Waals surface area contributed by atoms with Crippen LogP contribution >= 0.6 is 22.9 Å². The van der Waals surface area contributed by atoms with Crippen LogP contribution in [0, 0.1) is 6.92 Å². The van der Waals surface area contributed by atoms with E-state index in [9.17, 15) is 9.59 Å². The minimum atomic E-state index is -0.496. The van der Waals surface area contributed by atoms with Crippen molar-refractivity contribution in [2.75, 3.05) is 11.9 Å². The van der Waals surface area contributed by atoms with Gasteiger partial charge in [0.1, 0.15) is 11.7 Å². The third-order valence-electron chi connectivity index (χ3n) is 5.15. The maximum Gasteiger partial charge on any atom is 0.274 e. The molecule has 0 bridgehead atoms. The smallest absolute Gasteiger partial charge is 0.274 e. The second-order valence-electron chi connectivity index (χ2n) is 7.32. The molecule has 1 atom stereocenters. The molecule has 7 nitrogen and oxygen atoms in total. The molecule has 3 aromatic rings. The van der Waals surface area contributed by atoms with Crippen LogP contribution in [0.15, 0.2) is 48.0 Å². The van der Waals surface area contributed by atoms with Crippen LogP contribution in [0.4, 0.5) is 10.8 Å². The zero-order valence-electron chi connectivity index (χ0n) is 17.0. The Morgan fingerprint density at radius 2 is 2.16 bits per heavy atom. The molecule has 31 heavy (non-hydrogen) atoms. The summed E-state index contributed by atoms with van der Waals surface area (Å²) in [6, 6.07) is 10.6. The number of aromatic nitrogens is 2. The van der Waals surface area contributed by atoms with Gasteiger partial charge in [-0.3, -0.25) is 14.6 Å². The highest BCUT2D eigenvalue weighted by atomic mass is 35.5. The normalized spacial score (nSPS) is 15.7. The molecule has 2 N–H and O–H groups in total. The predicted octanol–water partition coefficient (Wildman–Crippen LogP) is 4.16. The average molecular weight is 456 g/mol. The maximum atomic E-state index is 13.1. The van der Waals surface area contributed by atoms with Gasteiger partial charge in [0.2, 0.25) is 5.91 Å². The number of carbonyl (C=O) groups is 2.